The number of hydrogen-bond acceptors (Lipinski definition) is 4. The van der Waals surface area contributed by atoms with E-state index >= 15 is 0 Å². The van der Waals surface area contributed by atoms with Gasteiger partial charge in [0.05, 0.1) is 5.69 Å². The lowest BCUT2D eigenvalue weighted by molar-refractivity contribution is 0.190. The first-order chi connectivity index (χ1) is 11.1. The van der Waals surface area contributed by atoms with Gasteiger partial charge in [0.1, 0.15) is 0 Å². The molecule has 1 fully saturated rings. The molecule has 2 aromatic rings. The van der Waals surface area contributed by atoms with Gasteiger partial charge in [0.15, 0.2) is 5.82 Å². The Hall–Kier alpha value is -1.49. The van der Waals surface area contributed by atoms with E-state index in [0.29, 0.717) is 6.04 Å². The van der Waals surface area contributed by atoms with Crippen LogP contribution in [0.5, 0.6) is 0 Å². The average Bonchev–Trinajstić information content (AvgIpc) is 2.56. The largest absolute Gasteiger partial charge is 0.317 e. The molecule has 4 nitrogen and oxygen atoms in total. The molecule has 1 saturated heterocycles. The molecule has 1 aromatic heterocycles. The Balaban J connectivity index is 1.78. The maximum absolute atomic E-state index is 5.96. The summed E-state index contributed by atoms with van der Waals surface area (Å²) < 4.78 is 0. The quantitative estimate of drug-likeness (QED) is 0.934. The third kappa shape index (κ3) is 4.28. The summed E-state index contributed by atoms with van der Waals surface area (Å²) in [6.45, 7) is 5.09. The molecule has 2 heterocycles. The van der Waals surface area contributed by atoms with E-state index in [4.69, 9.17) is 16.6 Å². The van der Waals surface area contributed by atoms with Gasteiger partial charge in [-0.1, -0.05) is 11.6 Å². The zero-order valence-electron chi connectivity index (χ0n) is 13.7. The number of aryl methyl sites for hydroxylation is 1. The van der Waals surface area contributed by atoms with Crippen molar-refractivity contribution >= 4 is 11.6 Å². The lowest BCUT2D eigenvalue weighted by atomic mass is 10.1. The fourth-order valence-corrected chi connectivity index (χ4v) is 3.20. The van der Waals surface area contributed by atoms with E-state index in [-0.39, 0.29) is 0 Å². The topological polar surface area (TPSA) is 41.0 Å². The molecule has 0 spiro atoms. The van der Waals surface area contributed by atoms with Gasteiger partial charge in [-0.2, -0.15) is 0 Å². The van der Waals surface area contributed by atoms with Crippen LogP contribution >= 0.6 is 11.6 Å². The van der Waals surface area contributed by atoms with Crippen LogP contribution in [0.4, 0.5) is 0 Å². The zero-order chi connectivity index (χ0) is 16.2. The van der Waals surface area contributed by atoms with Crippen LogP contribution in [0.1, 0.15) is 24.2 Å². The van der Waals surface area contributed by atoms with Crippen molar-refractivity contribution in [2.45, 2.75) is 32.4 Å². The van der Waals surface area contributed by atoms with Crippen LogP contribution in [-0.2, 0) is 6.54 Å². The molecule has 0 saturated carbocycles. The smallest absolute Gasteiger partial charge is 0.159 e. The summed E-state index contributed by atoms with van der Waals surface area (Å²) in [4.78, 5) is 11.7. The van der Waals surface area contributed by atoms with Crippen LogP contribution < -0.4 is 5.32 Å². The maximum atomic E-state index is 5.96. The minimum atomic E-state index is 0.630. The number of hydrogen-bond donors (Lipinski definition) is 1. The van der Waals surface area contributed by atoms with E-state index in [2.05, 4.69) is 28.3 Å². The van der Waals surface area contributed by atoms with Gasteiger partial charge >= 0.3 is 0 Å². The van der Waals surface area contributed by atoms with E-state index in [9.17, 15) is 0 Å². The second-order valence-corrected chi connectivity index (χ2v) is 6.66. The molecular formula is C18H23ClN4. The Labute approximate surface area is 142 Å². The highest BCUT2D eigenvalue weighted by Crippen LogP contribution is 2.20. The van der Waals surface area contributed by atoms with Crippen LogP contribution in [0.3, 0.4) is 0 Å². The van der Waals surface area contributed by atoms with Gasteiger partial charge in [-0.3, -0.25) is 4.90 Å². The summed E-state index contributed by atoms with van der Waals surface area (Å²) in [5.74, 6) is 0.773. The summed E-state index contributed by atoms with van der Waals surface area (Å²) in [6, 6.07) is 10.4. The van der Waals surface area contributed by atoms with Crippen LogP contribution in [0.25, 0.3) is 11.4 Å². The molecule has 23 heavy (non-hydrogen) atoms. The van der Waals surface area contributed by atoms with Gasteiger partial charge in [0.25, 0.3) is 0 Å². The normalized spacial score (nSPS) is 16.0. The summed E-state index contributed by atoms with van der Waals surface area (Å²) in [5.41, 5.74) is 3.08. The Morgan fingerprint density at radius 1 is 1.17 bits per heavy atom. The van der Waals surface area contributed by atoms with E-state index in [1.54, 1.807) is 0 Å². The molecule has 0 atom stereocenters. The second-order valence-electron chi connectivity index (χ2n) is 6.23. The molecule has 1 aliphatic rings. The molecule has 0 radical (unpaired) electrons. The molecule has 0 aliphatic carbocycles. The van der Waals surface area contributed by atoms with Crippen LogP contribution in [-0.4, -0.2) is 41.0 Å². The van der Waals surface area contributed by atoms with Gasteiger partial charge in [0, 0.05) is 28.9 Å². The second kappa shape index (κ2) is 7.39. The van der Waals surface area contributed by atoms with Gasteiger partial charge in [-0.25, -0.2) is 9.97 Å². The Kier molecular flexibility index (Phi) is 5.26. The number of halogens is 1. The summed E-state index contributed by atoms with van der Waals surface area (Å²) >= 11 is 5.96. The zero-order valence-corrected chi connectivity index (χ0v) is 14.5. The SMILES string of the molecule is Cc1cc(CN(C)C2CCNCC2)nc(-c2ccc(Cl)cc2)n1. The van der Waals surface area contributed by atoms with Crippen molar-refractivity contribution in [3.63, 3.8) is 0 Å². The molecule has 122 valence electrons. The van der Waals surface area contributed by atoms with E-state index in [1.807, 2.05) is 31.2 Å². The highest BCUT2D eigenvalue weighted by Gasteiger charge is 2.18. The average molecular weight is 331 g/mol. The third-order valence-corrected chi connectivity index (χ3v) is 4.61. The lowest BCUT2D eigenvalue weighted by Crippen LogP contribution is -2.40. The Bertz CT molecular complexity index is 651. The minimum absolute atomic E-state index is 0.630. The first-order valence-corrected chi connectivity index (χ1v) is 8.51. The van der Waals surface area contributed by atoms with Crippen molar-refractivity contribution < 1.29 is 0 Å². The predicted molar refractivity (Wildman–Crippen MR) is 94.6 cm³/mol. The highest BCUT2D eigenvalue weighted by atomic mass is 35.5. The van der Waals surface area contributed by atoms with Crippen LogP contribution in [0, 0.1) is 6.92 Å². The Morgan fingerprint density at radius 3 is 2.57 bits per heavy atom. The van der Waals surface area contributed by atoms with Crippen LogP contribution in [0.2, 0.25) is 5.02 Å². The summed E-state index contributed by atoms with van der Waals surface area (Å²) in [7, 11) is 2.19. The molecule has 0 amide bonds. The number of nitrogens with zero attached hydrogens (tertiary/aromatic N) is 3. The molecule has 1 N–H and O–H groups in total. The molecule has 1 aromatic carbocycles. The van der Waals surface area contributed by atoms with Crippen molar-refractivity contribution in [3.8, 4) is 11.4 Å². The van der Waals surface area contributed by atoms with Gasteiger partial charge in [-0.15, -0.1) is 0 Å². The summed E-state index contributed by atoms with van der Waals surface area (Å²) in [5, 5.41) is 4.14. The lowest BCUT2D eigenvalue weighted by Gasteiger charge is -2.31. The predicted octanol–water partition coefficient (Wildman–Crippen LogP) is 3.29. The molecule has 5 heteroatoms. The number of benzene rings is 1. The van der Waals surface area contributed by atoms with E-state index in [1.165, 1.54) is 12.8 Å². The standard InChI is InChI=1S/C18H23ClN4/c1-13-11-16(12-23(2)17-7-9-20-10-8-17)22-18(21-13)14-3-5-15(19)6-4-14/h3-6,11,17,20H,7-10,12H2,1-2H3. The fourth-order valence-electron chi connectivity index (χ4n) is 3.07. The third-order valence-electron chi connectivity index (χ3n) is 4.35. The van der Waals surface area contributed by atoms with Gasteiger partial charge < -0.3 is 5.32 Å². The van der Waals surface area contributed by atoms with Gasteiger partial charge in [0.2, 0.25) is 0 Å². The highest BCUT2D eigenvalue weighted by molar-refractivity contribution is 6.30. The van der Waals surface area contributed by atoms with Crippen molar-refractivity contribution in [1.82, 2.24) is 20.2 Å². The number of piperidine rings is 1. The van der Waals surface area contributed by atoms with Crippen molar-refractivity contribution in [2.75, 3.05) is 20.1 Å². The van der Waals surface area contributed by atoms with Crippen molar-refractivity contribution in [1.29, 1.82) is 0 Å². The molecule has 3 rings (SSSR count). The monoisotopic (exact) mass is 330 g/mol. The van der Waals surface area contributed by atoms with E-state index < -0.39 is 0 Å². The van der Waals surface area contributed by atoms with Gasteiger partial charge in [-0.05, 0) is 70.2 Å². The number of nitrogens with one attached hydrogen (secondary N) is 1. The van der Waals surface area contributed by atoms with Crippen molar-refractivity contribution in [2.24, 2.45) is 0 Å². The first-order valence-electron chi connectivity index (χ1n) is 8.13. The molecule has 0 unspecified atom stereocenters. The summed E-state index contributed by atoms with van der Waals surface area (Å²) in [6.07, 6.45) is 2.40. The van der Waals surface area contributed by atoms with E-state index in [0.717, 1.165) is 47.4 Å². The Morgan fingerprint density at radius 2 is 1.87 bits per heavy atom. The number of aromatic nitrogens is 2. The fraction of sp³-hybridized carbons (Fsp3) is 0.444. The van der Waals surface area contributed by atoms with Crippen molar-refractivity contribution in [3.05, 3.63) is 46.7 Å². The first kappa shape index (κ1) is 16.4. The maximum Gasteiger partial charge on any atom is 0.159 e. The molecule has 0 bridgehead atoms. The molecular weight excluding hydrogens is 308 g/mol. The van der Waals surface area contributed by atoms with Crippen LogP contribution in [0.15, 0.2) is 30.3 Å². The molecule has 1 aliphatic heterocycles. The number of rotatable bonds is 4. The minimum Gasteiger partial charge on any atom is -0.317 e.